The largest absolute Gasteiger partial charge is 0.326 e. The second-order valence-corrected chi connectivity index (χ2v) is 7.70. The van der Waals surface area contributed by atoms with E-state index in [0.717, 1.165) is 4.90 Å². The summed E-state index contributed by atoms with van der Waals surface area (Å²) in [5.41, 5.74) is 0.109. The second-order valence-electron chi connectivity index (χ2n) is 6.88. The maximum atomic E-state index is 12.9. The Hall–Kier alpha value is -3.10. The highest BCUT2D eigenvalue weighted by Gasteiger charge is 2.49. The summed E-state index contributed by atoms with van der Waals surface area (Å²) in [5.74, 6) is -1.35. The van der Waals surface area contributed by atoms with Gasteiger partial charge in [-0.3, -0.25) is 19.3 Å². The Morgan fingerprint density at radius 3 is 2.17 bits per heavy atom. The molecule has 0 saturated carbocycles. The van der Waals surface area contributed by atoms with E-state index in [1.54, 1.807) is 30.3 Å². The number of halogens is 2. The third-order valence-corrected chi connectivity index (χ3v) is 5.30. The van der Waals surface area contributed by atoms with E-state index in [9.17, 15) is 19.2 Å². The summed E-state index contributed by atoms with van der Waals surface area (Å²) in [4.78, 5) is 49.6. The van der Waals surface area contributed by atoms with E-state index in [-0.39, 0.29) is 10.9 Å². The number of carbonyl (C=O) groups is 4. The molecule has 8 nitrogen and oxygen atoms in total. The van der Waals surface area contributed by atoms with Crippen LogP contribution in [0.4, 0.5) is 16.2 Å². The lowest BCUT2D eigenvalue weighted by Gasteiger charge is -2.22. The van der Waals surface area contributed by atoms with Crippen LogP contribution in [0.1, 0.15) is 19.4 Å². The lowest BCUT2D eigenvalue weighted by atomic mass is 9.92. The number of hydrogen-bond donors (Lipinski definition) is 3. The van der Waals surface area contributed by atoms with Gasteiger partial charge < -0.3 is 16.0 Å². The van der Waals surface area contributed by atoms with E-state index < -0.39 is 29.9 Å². The van der Waals surface area contributed by atoms with E-state index in [1.165, 1.54) is 26.0 Å². The number of imide groups is 1. The standard InChI is InChI=1S/C20H18Cl2N4O4/c1-11(27)23-13-4-6-14(7-5-13)24-17(28)10-26-18(29)20(2,25-19(26)30)12-3-8-15(21)16(22)9-12/h3-9H,10H2,1-2H3,(H,23,27)(H,24,28)(H,25,30)/t20-/m1/s1. The van der Waals surface area contributed by atoms with Crippen molar-refractivity contribution in [1.29, 1.82) is 0 Å². The second kappa shape index (κ2) is 8.33. The van der Waals surface area contributed by atoms with Gasteiger partial charge in [-0.05, 0) is 48.9 Å². The van der Waals surface area contributed by atoms with Crippen LogP contribution in [0.3, 0.4) is 0 Å². The van der Waals surface area contributed by atoms with Gasteiger partial charge in [0.1, 0.15) is 12.1 Å². The fourth-order valence-corrected chi connectivity index (χ4v) is 3.33. The number of amides is 5. The highest BCUT2D eigenvalue weighted by atomic mass is 35.5. The molecule has 1 heterocycles. The van der Waals surface area contributed by atoms with Crippen molar-refractivity contribution in [3.63, 3.8) is 0 Å². The molecule has 0 unspecified atom stereocenters. The molecule has 1 fully saturated rings. The van der Waals surface area contributed by atoms with Crippen LogP contribution in [0.25, 0.3) is 0 Å². The Balaban J connectivity index is 1.69. The first kappa shape index (κ1) is 21.6. The fourth-order valence-electron chi connectivity index (χ4n) is 3.03. The van der Waals surface area contributed by atoms with E-state index >= 15 is 0 Å². The molecule has 0 bridgehead atoms. The van der Waals surface area contributed by atoms with Crippen LogP contribution < -0.4 is 16.0 Å². The number of carbonyl (C=O) groups excluding carboxylic acids is 4. The van der Waals surface area contributed by atoms with Gasteiger partial charge in [0.2, 0.25) is 11.8 Å². The average Bonchev–Trinajstić information content (AvgIpc) is 2.89. The zero-order chi connectivity index (χ0) is 22.1. The molecule has 1 atom stereocenters. The molecule has 0 radical (unpaired) electrons. The van der Waals surface area contributed by atoms with Crippen molar-refractivity contribution < 1.29 is 19.2 Å². The van der Waals surface area contributed by atoms with Crippen molar-refractivity contribution in [2.45, 2.75) is 19.4 Å². The van der Waals surface area contributed by atoms with Gasteiger partial charge in [0.15, 0.2) is 0 Å². The third-order valence-electron chi connectivity index (χ3n) is 4.56. The monoisotopic (exact) mass is 448 g/mol. The van der Waals surface area contributed by atoms with Crippen LogP contribution in [-0.2, 0) is 19.9 Å². The molecule has 2 aromatic carbocycles. The van der Waals surface area contributed by atoms with Crippen molar-refractivity contribution in [3.8, 4) is 0 Å². The number of hydrogen-bond acceptors (Lipinski definition) is 4. The zero-order valence-corrected chi connectivity index (χ0v) is 17.6. The smallest absolute Gasteiger partial charge is 0.325 e. The SMILES string of the molecule is CC(=O)Nc1ccc(NC(=O)CN2C(=O)N[C@](C)(c3ccc(Cl)c(Cl)c3)C2=O)cc1. The first-order valence-electron chi connectivity index (χ1n) is 8.87. The minimum Gasteiger partial charge on any atom is -0.326 e. The Morgan fingerprint density at radius 1 is 1.00 bits per heavy atom. The zero-order valence-electron chi connectivity index (χ0n) is 16.1. The molecule has 3 rings (SSSR count). The molecule has 0 aliphatic carbocycles. The molecule has 1 saturated heterocycles. The molecular weight excluding hydrogens is 431 g/mol. The minimum absolute atomic E-state index is 0.213. The molecule has 0 aromatic heterocycles. The predicted molar refractivity (Wildman–Crippen MR) is 113 cm³/mol. The first-order valence-corrected chi connectivity index (χ1v) is 9.63. The molecule has 3 N–H and O–H groups in total. The summed E-state index contributed by atoms with van der Waals surface area (Å²) in [6.07, 6.45) is 0. The number of nitrogens with zero attached hydrogens (tertiary/aromatic N) is 1. The summed E-state index contributed by atoms with van der Waals surface area (Å²) < 4.78 is 0. The van der Waals surface area contributed by atoms with Crippen molar-refractivity contribution in [3.05, 3.63) is 58.1 Å². The van der Waals surface area contributed by atoms with Gasteiger partial charge in [0.05, 0.1) is 10.0 Å². The van der Waals surface area contributed by atoms with Crippen LogP contribution in [0.15, 0.2) is 42.5 Å². The normalized spacial score (nSPS) is 18.2. The summed E-state index contributed by atoms with van der Waals surface area (Å²) >= 11 is 11.9. The Morgan fingerprint density at radius 2 is 1.60 bits per heavy atom. The molecule has 0 spiro atoms. The van der Waals surface area contributed by atoms with Gasteiger partial charge >= 0.3 is 6.03 Å². The summed E-state index contributed by atoms with van der Waals surface area (Å²) in [6, 6.07) is 10.4. The highest BCUT2D eigenvalue weighted by Crippen LogP contribution is 2.33. The van der Waals surface area contributed by atoms with Crippen LogP contribution in [0, 0.1) is 0 Å². The van der Waals surface area contributed by atoms with Crippen molar-refractivity contribution in [2.75, 3.05) is 17.2 Å². The Kier molecular flexibility index (Phi) is 6.00. The molecule has 10 heteroatoms. The van der Waals surface area contributed by atoms with Gasteiger partial charge in [0, 0.05) is 18.3 Å². The van der Waals surface area contributed by atoms with Crippen LogP contribution in [-0.4, -0.2) is 35.2 Å². The first-order chi connectivity index (χ1) is 14.1. The molecule has 5 amide bonds. The summed E-state index contributed by atoms with van der Waals surface area (Å²) in [6.45, 7) is 2.46. The lowest BCUT2D eigenvalue weighted by Crippen LogP contribution is -2.42. The Bertz CT molecular complexity index is 1040. The van der Waals surface area contributed by atoms with E-state index in [2.05, 4.69) is 16.0 Å². The Labute approximate surface area is 182 Å². The molecule has 30 heavy (non-hydrogen) atoms. The number of nitrogens with one attached hydrogen (secondary N) is 3. The molecule has 1 aliphatic heterocycles. The number of anilines is 2. The van der Waals surface area contributed by atoms with Gasteiger partial charge in [-0.25, -0.2) is 4.79 Å². The van der Waals surface area contributed by atoms with E-state index in [1.807, 2.05) is 0 Å². The molecular formula is C20H18Cl2N4O4. The summed E-state index contributed by atoms with van der Waals surface area (Å²) in [5, 5.41) is 8.39. The van der Waals surface area contributed by atoms with Crippen LogP contribution >= 0.6 is 23.2 Å². The average molecular weight is 449 g/mol. The van der Waals surface area contributed by atoms with Gasteiger partial charge in [-0.2, -0.15) is 0 Å². The molecule has 156 valence electrons. The number of urea groups is 1. The van der Waals surface area contributed by atoms with E-state index in [4.69, 9.17) is 23.2 Å². The van der Waals surface area contributed by atoms with Gasteiger partial charge in [-0.15, -0.1) is 0 Å². The van der Waals surface area contributed by atoms with Crippen LogP contribution in [0.2, 0.25) is 10.0 Å². The summed E-state index contributed by atoms with van der Waals surface area (Å²) in [7, 11) is 0. The minimum atomic E-state index is -1.37. The van der Waals surface area contributed by atoms with Crippen molar-refractivity contribution >= 4 is 58.3 Å². The number of rotatable bonds is 5. The maximum Gasteiger partial charge on any atom is 0.325 e. The molecule has 2 aromatic rings. The topological polar surface area (TPSA) is 108 Å². The predicted octanol–water partition coefficient (Wildman–Crippen LogP) is 3.36. The van der Waals surface area contributed by atoms with Gasteiger partial charge in [-0.1, -0.05) is 29.3 Å². The molecule has 1 aliphatic rings. The number of benzene rings is 2. The van der Waals surface area contributed by atoms with Crippen LogP contribution in [0.5, 0.6) is 0 Å². The lowest BCUT2D eigenvalue weighted by molar-refractivity contribution is -0.133. The highest BCUT2D eigenvalue weighted by molar-refractivity contribution is 6.42. The van der Waals surface area contributed by atoms with E-state index in [0.29, 0.717) is 22.0 Å². The van der Waals surface area contributed by atoms with Gasteiger partial charge in [0.25, 0.3) is 5.91 Å². The third kappa shape index (κ3) is 4.39. The quantitative estimate of drug-likeness (QED) is 0.609. The maximum absolute atomic E-state index is 12.9. The van der Waals surface area contributed by atoms with Crippen molar-refractivity contribution in [2.24, 2.45) is 0 Å². The van der Waals surface area contributed by atoms with Crippen molar-refractivity contribution in [1.82, 2.24) is 10.2 Å². The fraction of sp³-hybridized carbons (Fsp3) is 0.200.